The number of halogens is 1. The Morgan fingerprint density at radius 2 is 1.80 bits per heavy atom. The first-order chi connectivity index (χ1) is 9.54. The van der Waals surface area contributed by atoms with Gasteiger partial charge in [-0.05, 0) is 49.7 Å². The van der Waals surface area contributed by atoms with E-state index < -0.39 is 0 Å². The number of anilines is 2. The van der Waals surface area contributed by atoms with Crippen molar-refractivity contribution in [1.82, 2.24) is 0 Å². The Labute approximate surface area is 127 Å². The Morgan fingerprint density at radius 1 is 1.10 bits per heavy atom. The second kappa shape index (κ2) is 6.57. The van der Waals surface area contributed by atoms with Crippen LogP contribution in [0.2, 0.25) is 0 Å². The van der Waals surface area contributed by atoms with Gasteiger partial charge in [-0.2, -0.15) is 0 Å². The molecule has 0 bridgehead atoms. The average molecular weight is 333 g/mol. The lowest BCUT2D eigenvalue weighted by atomic mass is 10.2. The first-order valence-electron chi connectivity index (χ1n) is 6.44. The summed E-state index contributed by atoms with van der Waals surface area (Å²) in [6.07, 6.45) is 0. The van der Waals surface area contributed by atoms with E-state index in [1.807, 2.05) is 62.4 Å². The summed E-state index contributed by atoms with van der Waals surface area (Å²) in [4.78, 5) is 12.1. The van der Waals surface area contributed by atoms with Crippen LogP contribution in [0, 0.1) is 6.92 Å². The fraction of sp³-hybridized carbons (Fsp3) is 0.188. The van der Waals surface area contributed by atoms with E-state index in [0.717, 1.165) is 21.4 Å². The van der Waals surface area contributed by atoms with Crippen molar-refractivity contribution in [3.8, 4) is 0 Å². The minimum Gasteiger partial charge on any atom is -0.374 e. The van der Waals surface area contributed by atoms with Gasteiger partial charge in [-0.25, -0.2) is 0 Å². The van der Waals surface area contributed by atoms with Crippen LogP contribution in [0.4, 0.5) is 11.4 Å². The molecule has 0 saturated carbocycles. The minimum atomic E-state index is -0.309. The van der Waals surface area contributed by atoms with Crippen molar-refractivity contribution in [3.63, 3.8) is 0 Å². The van der Waals surface area contributed by atoms with E-state index in [1.165, 1.54) is 0 Å². The van der Waals surface area contributed by atoms with Crippen molar-refractivity contribution in [3.05, 3.63) is 58.6 Å². The van der Waals surface area contributed by atoms with Crippen molar-refractivity contribution < 1.29 is 4.79 Å². The van der Waals surface area contributed by atoms with Crippen molar-refractivity contribution in [2.45, 2.75) is 19.9 Å². The van der Waals surface area contributed by atoms with Crippen molar-refractivity contribution in [2.75, 3.05) is 10.6 Å². The number of carbonyl (C=O) groups is 1. The molecule has 0 radical (unpaired) electrons. The van der Waals surface area contributed by atoms with Gasteiger partial charge in [0.15, 0.2) is 0 Å². The summed E-state index contributed by atoms with van der Waals surface area (Å²) < 4.78 is 0.939. The van der Waals surface area contributed by atoms with E-state index >= 15 is 0 Å². The molecule has 0 saturated heterocycles. The molecular weight excluding hydrogens is 316 g/mol. The van der Waals surface area contributed by atoms with Crippen LogP contribution in [-0.4, -0.2) is 11.9 Å². The standard InChI is InChI=1S/C16H17BrN2O/c1-11-5-3-7-14(9-11)18-12(2)16(20)19-15-8-4-6-13(17)10-15/h3-10,12,18H,1-2H3,(H,19,20). The summed E-state index contributed by atoms with van der Waals surface area (Å²) >= 11 is 3.38. The molecule has 3 nitrogen and oxygen atoms in total. The molecule has 0 spiro atoms. The largest absolute Gasteiger partial charge is 0.374 e. The smallest absolute Gasteiger partial charge is 0.246 e. The Morgan fingerprint density at radius 3 is 2.50 bits per heavy atom. The third-order valence-electron chi connectivity index (χ3n) is 2.89. The highest BCUT2D eigenvalue weighted by Crippen LogP contribution is 2.16. The maximum atomic E-state index is 12.1. The molecule has 2 aromatic rings. The number of carbonyl (C=O) groups excluding carboxylic acids is 1. The Balaban J connectivity index is 1.98. The molecule has 20 heavy (non-hydrogen) atoms. The summed E-state index contributed by atoms with van der Waals surface area (Å²) in [5.41, 5.74) is 2.89. The molecule has 0 aliphatic rings. The molecule has 1 unspecified atom stereocenters. The van der Waals surface area contributed by atoms with Crippen molar-refractivity contribution in [2.24, 2.45) is 0 Å². The molecule has 2 aromatic carbocycles. The van der Waals surface area contributed by atoms with Crippen molar-refractivity contribution in [1.29, 1.82) is 0 Å². The molecule has 0 aromatic heterocycles. The van der Waals surface area contributed by atoms with Gasteiger partial charge in [0.2, 0.25) is 5.91 Å². The number of benzene rings is 2. The summed E-state index contributed by atoms with van der Waals surface area (Å²) in [6, 6.07) is 15.2. The Kier molecular flexibility index (Phi) is 4.79. The fourth-order valence-electron chi connectivity index (χ4n) is 1.87. The second-order valence-corrected chi connectivity index (χ2v) is 5.65. The molecular formula is C16H17BrN2O. The number of aryl methyl sites for hydroxylation is 1. The highest BCUT2D eigenvalue weighted by Gasteiger charge is 2.12. The molecule has 0 heterocycles. The van der Waals surface area contributed by atoms with Crippen LogP contribution in [0.3, 0.4) is 0 Å². The van der Waals surface area contributed by atoms with Gasteiger partial charge in [0.1, 0.15) is 6.04 Å². The monoisotopic (exact) mass is 332 g/mol. The fourth-order valence-corrected chi connectivity index (χ4v) is 2.27. The summed E-state index contributed by atoms with van der Waals surface area (Å²) in [6.45, 7) is 3.87. The molecule has 0 fully saturated rings. The molecule has 0 aliphatic heterocycles. The zero-order valence-electron chi connectivity index (χ0n) is 11.5. The third kappa shape index (κ3) is 4.10. The average Bonchev–Trinajstić information content (AvgIpc) is 2.38. The molecule has 2 N–H and O–H groups in total. The van der Waals surface area contributed by atoms with Crippen LogP contribution >= 0.6 is 15.9 Å². The van der Waals surface area contributed by atoms with Gasteiger partial charge in [-0.3, -0.25) is 4.79 Å². The van der Waals surface area contributed by atoms with Gasteiger partial charge in [-0.15, -0.1) is 0 Å². The lowest BCUT2D eigenvalue weighted by Crippen LogP contribution is -2.31. The lowest BCUT2D eigenvalue weighted by Gasteiger charge is -2.15. The number of rotatable bonds is 4. The van der Waals surface area contributed by atoms with Crippen LogP contribution < -0.4 is 10.6 Å². The van der Waals surface area contributed by atoms with Gasteiger partial charge >= 0.3 is 0 Å². The SMILES string of the molecule is Cc1cccc(NC(C)C(=O)Nc2cccc(Br)c2)c1. The van der Waals surface area contributed by atoms with Gasteiger partial charge in [0, 0.05) is 15.8 Å². The zero-order valence-corrected chi connectivity index (χ0v) is 13.1. The van der Waals surface area contributed by atoms with E-state index in [4.69, 9.17) is 0 Å². The molecule has 0 aliphatic carbocycles. The molecule has 2 rings (SSSR count). The Bertz CT molecular complexity index is 613. The van der Waals surface area contributed by atoms with Gasteiger partial charge < -0.3 is 10.6 Å². The summed E-state index contributed by atoms with van der Waals surface area (Å²) in [5.74, 6) is -0.0652. The Hall–Kier alpha value is -1.81. The maximum Gasteiger partial charge on any atom is 0.246 e. The number of amides is 1. The number of nitrogens with one attached hydrogen (secondary N) is 2. The van der Waals surface area contributed by atoms with Crippen LogP contribution in [0.5, 0.6) is 0 Å². The van der Waals surface area contributed by atoms with Crippen LogP contribution in [0.1, 0.15) is 12.5 Å². The minimum absolute atomic E-state index is 0.0652. The van der Waals surface area contributed by atoms with Crippen LogP contribution in [-0.2, 0) is 4.79 Å². The van der Waals surface area contributed by atoms with E-state index in [-0.39, 0.29) is 11.9 Å². The first-order valence-corrected chi connectivity index (χ1v) is 7.23. The maximum absolute atomic E-state index is 12.1. The predicted molar refractivity (Wildman–Crippen MR) is 87.0 cm³/mol. The van der Waals surface area contributed by atoms with E-state index in [1.54, 1.807) is 0 Å². The first kappa shape index (κ1) is 14.6. The van der Waals surface area contributed by atoms with E-state index in [0.29, 0.717) is 0 Å². The van der Waals surface area contributed by atoms with E-state index in [2.05, 4.69) is 26.6 Å². The van der Waals surface area contributed by atoms with Crippen LogP contribution in [0.25, 0.3) is 0 Å². The third-order valence-corrected chi connectivity index (χ3v) is 3.38. The topological polar surface area (TPSA) is 41.1 Å². The van der Waals surface area contributed by atoms with E-state index in [9.17, 15) is 4.79 Å². The quantitative estimate of drug-likeness (QED) is 0.881. The number of hydrogen-bond acceptors (Lipinski definition) is 2. The van der Waals surface area contributed by atoms with Gasteiger partial charge in [0.25, 0.3) is 0 Å². The van der Waals surface area contributed by atoms with Gasteiger partial charge in [-0.1, -0.05) is 34.1 Å². The normalized spacial score (nSPS) is 11.8. The number of hydrogen-bond donors (Lipinski definition) is 2. The highest BCUT2D eigenvalue weighted by molar-refractivity contribution is 9.10. The second-order valence-electron chi connectivity index (χ2n) is 4.74. The van der Waals surface area contributed by atoms with Gasteiger partial charge in [0.05, 0.1) is 0 Å². The summed E-state index contributed by atoms with van der Waals surface area (Å²) in [7, 11) is 0. The zero-order chi connectivity index (χ0) is 14.5. The molecule has 1 amide bonds. The highest BCUT2D eigenvalue weighted by atomic mass is 79.9. The molecule has 1 atom stereocenters. The summed E-state index contributed by atoms with van der Waals surface area (Å²) in [5, 5.41) is 6.08. The van der Waals surface area contributed by atoms with Crippen molar-refractivity contribution >= 4 is 33.2 Å². The lowest BCUT2D eigenvalue weighted by molar-refractivity contribution is -0.116. The van der Waals surface area contributed by atoms with Crippen LogP contribution in [0.15, 0.2) is 53.0 Å². The predicted octanol–water partition coefficient (Wildman–Crippen LogP) is 4.20. The molecule has 104 valence electrons. The molecule has 4 heteroatoms.